The third-order valence-corrected chi connectivity index (χ3v) is 8.43. The summed E-state index contributed by atoms with van der Waals surface area (Å²) in [7, 11) is 0. The van der Waals surface area contributed by atoms with Gasteiger partial charge in [-0.2, -0.15) is 0 Å². The molecule has 1 aromatic carbocycles. The van der Waals surface area contributed by atoms with Crippen LogP contribution >= 0.6 is 0 Å². The van der Waals surface area contributed by atoms with Crippen molar-refractivity contribution in [1.29, 1.82) is 0 Å². The van der Waals surface area contributed by atoms with Gasteiger partial charge in [-0.3, -0.25) is 9.59 Å². The van der Waals surface area contributed by atoms with Gasteiger partial charge >= 0.3 is 5.97 Å². The Balaban J connectivity index is 1.92. The molecule has 194 valence electrons. The first-order chi connectivity index (χ1) is 17.0. The zero-order chi connectivity index (χ0) is 26.3. The van der Waals surface area contributed by atoms with Crippen molar-refractivity contribution in [2.75, 3.05) is 0 Å². The van der Waals surface area contributed by atoms with E-state index in [2.05, 4.69) is 18.8 Å². The maximum absolute atomic E-state index is 14.2. The number of carbonyl (C=O) groups is 2. The van der Waals surface area contributed by atoms with Crippen molar-refractivity contribution in [1.82, 2.24) is 5.32 Å². The molecule has 0 unspecified atom stereocenters. The van der Waals surface area contributed by atoms with E-state index in [1.807, 2.05) is 49.4 Å². The van der Waals surface area contributed by atoms with Gasteiger partial charge in [-0.1, -0.05) is 69.0 Å². The zero-order valence-electron chi connectivity index (χ0n) is 21.7. The molecule has 1 saturated carbocycles. The lowest BCUT2D eigenvalue weighted by atomic mass is 9.51. The molecule has 1 saturated heterocycles. The van der Waals surface area contributed by atoms with Gasteiger partial charge in [0.05, 0.1) is 11.7 Å². The second-order valence-corrected chi connectivity index (χ2v) is 11.3. The van der Waals surface area contributed by atoms with Gasteiger partial charge in [-0.15, -0.1) is 0 Å². The summed E-state index contributed by atoms with van der Waals surface area (Å²) in [4.78, 5) is 26.5. The molecule has 1 aromatic rings. The second-order valence-electron chi connectivity index (χ2n) is 11.3. The Morgan fingerprint density at radius 2 is 1.92 bits per heavy atom. The Morgan fingerprint density at radius 3 is 2.58 bits per heavy atom. The molecule has 1 amide bonds. The average molecular weight is 494 g/mol. The van der Waals surface area contributed by atoms with Gasteiger partial charge in [-0.25, -0.2) is 0 Å². The van der Waals surface area contributed by atoms with E-state index >= 15 is 0 Å². The summed E-state index contributed by atoms with van der Waals surface area (Å²) in [6.45, 7) is 11.3. The van der Waals surface area contributed by atoms with Crippen LogP contribution in [0.5, 0.6) is 0 Å². The van der Waals surface area contributed by atoms with Crippen molar-refractivity contribution in [3.8, 4) is 0 Å². The fourth-order valence-corrected chi connectivity index (χ4v) is 6.90. The van der Waals surface area contributed by atoms with Crippen LogP contribution in [0.15, 0.2) is 66.8 Å². The largest absolute Gasteiger partial charge is 0.457 e. The van der Waals surface area contributed by atoms with Crippen LogP contribution in [-0.4, -0.2) is 45.9 Å². The molecule has 3 aliphatic rings. The molecule has 0 bridgehead atoms. The summed E-state index contributed by atoms with van der Waals surface area (Å²) < 4.78 is 5.89. The molecule has 2 fully saturated rings. The smallest absolute Gasteiger partial charge is 0.303 e. The van der Waals surface area contributed by atoms with Crippen LogP contribution < -0.4 is 5.32 Å². The summed E-state index contributed by atoms with van der Waals surface area (Å²) >= 11 is 0. The Kier molecular flexibility index (Phi) is 7.31. The van der Waals surface area contributed by atoms with Crippen LogP contribution in [0.25, 0.3) is 0 Å². The minimum atomic E-state index is -1.26. The highest BCUT2D eigenvalue weighted by atomic mass is 16.5. The number of allylic oxidation sites excluding steroid dienone is 1. The summed E-state index contributed by atoms with van der Waals surface area (Å²) in [5, 5.41) is 25.8. The van der Waals surface area contributed by atoms with Crippen LogP contribution in [0.2, 0.25) is 0 Å². The molecule has 0 radical (unpaired) electrons. The molecular formula is C30H39NO5. The van der Waals surface area contributed by atoms with E-state index in [9.17, 15) is 19.8 Å². The van der Waals surface area contributed by atoms with E-state index < -0.39 is 35.1 Å². The van der Waals surface area contributed by atoms with Gasteiger partial charge in [0.2, 0.25) is 5.91 Å². The van der Waals surface area contributed by atoms with Crippen LogP contribution in [0.1, 0.15) is 46.1 Å². The molecule has 1 spiro atoms. The van der Waals surface area contributed by atoms with Gasteiger partial charge in [0.15, 0.2) is 0 Å². The zero-order valence-corrected chi connectivity index (χ0v) is 21.7. The normalized spacial score (nSPS) is 42.3. The third kappa shape index (κ3) is 4.69. The minimum absolute atomic E-state index is 0.170. The van der Waals surface area contributed by atoms with E-state index in [-0.39, 0.29) is 29.7 Å². The monoisotopic (exact) mass is 493 g/mol. The number of hydrogen-bond donors (Lipinski definition) is 3. The lowest BCUT2D eigenvalue weighted by Gasteiger charge is -2.52. The van der Waals surface area contributed by atoms with Crippen molar-refractivity contribution in [3.63, 3.8) is 0 Å². The number of aliphatic hydroxyl groups excluding tert-OH is 1. The highest BCUT2D eigenvalue weighted by Crippen LogP contribution is 2.58. The van der Waals surface area contributed by atoms with Crippen molar-refractivity contribution < 1.29 is 24.5 Å². The van der Waals surface area contributed by atoms with E-state index in [4.69, 9.17) is 4.74 Å². The van der Waals surface area contributed by atoms with Gasteiger partial charge in [-0.05, 0) is 55.2 Å². The van der Waals surface area contributed by atoms with Crippen LogP contribution in [0.3, 0.4) is 0 Å². The fourth-order valence-electron chi connectivity index (χ4n) is 6.90. The first kappa shape index (κ1) is 26.4. The summed E-state index contributed by atoms with van der Waals surface area (Å²) in [5.74, 6) is -1.75. The number of nitrogens with one attached hydrogen (secondary N) is 1. The van der Waals surface area contributed by atoms with Crippen LogP contribution in [0.4, 0.5) is 0 Å². The Bertz CT molecular complexity index is 1060. The fraction of sp³-hybridized carbons (Fsp3) is 0.533. The molecule has 6 nitrogen and oxygen atoms in total. The van der Waals surface area contributed by atoms with Crippen molar-refractivity contribution in [2.45, 2.75) is 70.8 Å². The third-order valence-electron chi connectivity index (χ3n) is 8.43. The molecule has 0 aromatic heterocycles. The number of benzene rings is 1. The van der Waals surface area contributed by atoms with E-state index in [0.29, 0.717) is 24.8 Å². The Morgan fingerprint density at radius 1 is 1.22 bits per heavy atom. The number of esters is 1. The average Bonchev–Trinajstić information content (AvgIpc) is 3.08. The summed E-state index contributed by atoms with van der Waals surface area (Å²) in [5.41, 5.74) is -0.635. The molecular weight excluding hydrogens is 454 g/mol. The number of hydrogen-bond acceptors (Lipinski definition) is 5. The standard InChI is InChI=1S/C30H39NO5/c1-18-10-9-13-23-27(33)20(3)19(2)26-24(16-22-11-7-6-8-12-22)31-28(34)30(23,26)25(36-21(4)32)14-15-29(5,35)17-18/h6-9,11-15,18-19,23-27,33,35H,3,10,16-17H2,1-2,4-5H3,(H,31,34)/b13-9+,15-14-/t18-,19+,23-,24-,25-,26+,27-,29-,30-/m1/s1. The van der Waals surface area contributed by atoms with Crippen molar-refractivity contribution >= 4 is 11.9 Å². The Hall–Kier alpha value is -2.70. The highest BCUT2D eigenvalue weighted by molar-refractivity contribution is 5.89. The molecule has 2 aliphatic carbocycles. The number of ether oxygens (including phenoxy) is 1. The van der Waals surface area contributed by atoms with E-state index in [1.165, 1.54) is 6.92 Å². The number of aliphatic hydroxyl groups is 2. The predicted octanol–water partition coefficient (Wildman–Crippen LogP) is 3.74. The minimum Gasteiger partial charge on any atom is -0.457 e. The highest BCUT2D eigenvalue weighted by Gasteiger charge is 2.68. The molecule has 9 atom stereocenters. The second kappa shape index (κ2) is 9.98. The Labute approximate surface area is 214 Å². The summed E-state index contributed by atoms with van der Waals surface area (Å²) in [6, 6.07) is 9.73. The van der Waals surface area contributed by atoms with Crippen molar-refractivity contribution in [2.24, 2.45) is 29.1 Å². The maximum atomic E-state index is 14.2. The lowest BCUT2D eigenvalue weighted by molar-refractivity contribution is -0.166. The van der Waals surface area contributed by atoms with Crippen molar-refractivity contribution in [3.05, 3.63) is 72.4 Å². The van der Waals surface area contributed by atoms with E-state index in [1.54, 1.807) is 19.1 Å². The molecule has 3 N–H and O–H groups in total. The number of carbonyl (C=O) groups excluding carboxylic acids is 2. The molecule has 4 rings (SSSR count). The van der Waals surface area contributed by atoms with Crippen LogP contribution in [-0.2, 0) is 20.7 Å². The molecule has 1 heterocycles. The first-order valence-electron chi connectivity index (χ1n) is 12.9. The molecule has 6 heteroatoms. The maximum Gasteiger partial charge on any atom is 0.303 e. The topological polar surface area (TPSA) is 95.9 Å². The molecule has 1 aliphatic heterocycles. The van der Waals surface area contributed by atoms with Gasteiger partial charge < -0.3 is 20.3 Å². The first-order valence-corrected chi connectivity index (χ1v) is 12.9. The number of amides is 1. The quantitative estimate of drug-likeness (QED) is 0.440. The van der Waals surface area contributed by atoms with Gasteiger partial charge in [0.1, 0.15) is 11.5 Å². The van der Waals surface area contributed by atoms with Crippen LogP contribution in [0, 0.1) is 29.1 Å². The van der Waals surface area contributed by atoms with E-state index in [0.717, 1.165) is 5.56 Å². The van der Waals surface area contributed by atoms with Gasteiger partial charge in [0.25, 0.3) is 0 Å². The SMILES string of the molecule is C=C1[C@@H](O)[C@H]2/C=C/C[C@@H](C)C[C@](C)(O)/C=C\[C@@H](OC(C)=O)[C@]23C(=O)N[C@H](Cc2ccccc2)[C@@H]3[C@H]1C. The predicted molar refractivity (Wildman–Crippen MR) is 139 cm³/mol. The lowest BCUT2D eigenvalue weighted by Crippen LogP contribution is -2.60. The number of rotatable bonds is 3. The summed E-state index contributed by atoms with van der Waals surface area (Å²) in [6.07, 6.45) is 7.09. The van der Waals surface area contributed by atoms with Gasteiger partial charge in [0, 0.05) is 24.8 Å². The molecule has 36 heavy (non-hydrogen) atoms.